The molecule has 0 saturated heterocycles. The van der Waals surface area contributed by atoms with E-state index in [1.54, 1.807) is 6.07 Å². The van der Waals surface area contributed by atoms with Crippen molar-refractivity contribution in [3.8, 4) is 0 Å². The first-order valence-corrected chi connectivity index (χ1v) is 9.89. The Labute approximate surface area is 155 Å². The maximum Gasteiger partial charge on any atom is 0.254 e. The summed E-state index contributed by atoms with van der Waals surface area (Å²) in [5, 5.41) is 5.02. The molecular weight excluding hydrogens is 378 g/mol. The molecule has 0 heterocycles. The summed E-state index contributed by atoms with van der Waals surface area (Å²) in [5.74, 6) is -2.80. The van der Waals surface area contributed by atoms with E-state index in [4.69, 9.17) is 0 Å². The zero-order valence-corrected chi connectivity index (χ0v) is 15.3. The zero-order valence-electron chi connectivity index (χ0n) is 14.5. The van der Waals surface area contributed by atoms with Gasteiger partial charge in [0.2, 0.25) is 5.91 Å². The third-order valence-electron chi connectivity index (χ3n) is 3.59. The fraction of sp³-hybridized carbons (Fsp3) is 0.222. The number of benzene rings is 2. The lowest BCUT2D eigenvalue weighted by Crippen LogP contribution is -2.26. The molecular formula is C18H18F2N2O4S. The van der Waals surface area contributed by atoms with Crippen molar-refractivity contribution in [2.24, 2.45) is 0 Å². The number of rotatable bonds is 7. The molecule has 0 aromatic heterocycles. The molecule has 0 unspecified atom stereocenters. The monoisotopic (exact) mass is 396 g/mol. The van der Waals surface area contributed by atoms with Crippen molar-refractivity contribution in [3.05, 3.63) is 59.7 Å². The molecule has 0 atom stereocenters. The number of anilines is 1. The Bertz CT molecular complexity index is 962. The van der Waals surface area contributed by atoms with E-state index < -0.39 is 27.4 Å². The Kier molecular flexibility index (Phi) is 6.62. The third-order valence-corrected chi connectivity index (χ3v) is 4.70. The van der Waals surface area contributed by atoms with Crippen molar-refractivity contribution < 1.29 is 26.8 Å². The molecule has 9 heteroatoms. The van der Waals surface area contributed by atoms with Crippen LogP contribution in [0.3, 0.4) is 0 Å². The highest BCUT2D eigenvalue weighted by Crippen LogP contribution is 2.15. The van der Waals surface area contributed by atoms with Crippen LogP contribution in [0.15, 0.2) is 47.4 Å². The molecule has 144 valence electrons. The molecule has 2 N–H and O–H groups in total. The van der Waals surface area contributed by atoms with Gasteiger partial charge in [0, 0.05) is 31.0 Å². The van der Waals surface area contributed by atoms with Crippen molar-refractivity contribution in [3.63, 3.8) is 0 Å². The van der Waals surface area contributed by atoms with Gasteiger partial charge in [-0.25, -0.2) is 17.2 Å². The summed E-state index contributed by atoms with van der Waals surface area (Å²) >= 11 is 0. The van der Waals surface area contributed by atoms with Crippen molar-refractivity contribution in [1.29, 1.82) is 0 Å². The second-order valence-electron chi connectivity index (χ2n) is 5.83. The van der Waals surface area contributed by atoms with E-state index in [1.165, 1.54) is 18.2 Å². The highest BCUT2D eigenvalue weighted by molar-refractivity contribution is 7.90. The Morgan fingerprint density at radius 1 is 1.07 bits per heavy atom. The molecule has 2 aromatic rings. The molecule has 27 heavy (non-hydrogen) atoms. The Morgan fingerprint density at radius 3 is 2.48 bits per heavy atom. The number of nitrogens with one attached hydrogen (secondary N) is 2. The van der Waals surface area contributed by atoms with E-state index in [1.807, 2.05) is 0 Å². The lowest BCUT2D eigenvalue weighted by Gasteiger charge is -2.08. The van der Waals surface area contributed by atoms with Crippen molar-refractivity contribution >= 4 is 27.3 Å². The molecule has 2 aromatic carbocycles. The maximum atomic E-state index is 13.5. The fourth-order valence-corrected chi connectivity index (χ4v) is 2.91. The van der Waals surface area contributed by atoms with Gasteiger partial charge in [0.15, 0.2) is 9.84 Å². The first-order chi connectivity index (χ1) is 12.7. The lowest BCUT2D eigenvalue weighted by atomic mass is 10.2. The molecule has 0 aliphatic heterocycles. The number of halogens is 2. The fourth-order valence-electron chi connectivity index (χ4n) is 2.25. The van der Waals surface area contributed by atoms with E-state index in [0.717, 1.165) is 18.4 Å². The molecule has 0 spiro atoms. The highest BCUT2D eigenvalue weighted by Gasteiger charge is 2.12. The predicted molar refractivity (Wildman–Crippen MR) is 96.1 cm³/mol. The summed E-state index contributed by atoms with van der Waals surface area (Å²) in [7, 11) is -3.38. The number of carbonyl (C=O) groups is 2. The summed E-state index contributed by atoms with van der Waals surface area (Å²) in [4.78, 5) is 23.8. The highest BCUT2D eigenvalue weighted by atomic mass is 32.2. The van der Waals surface area contributed by atoms with Crippen LogP contribution < -0.4 is 10.6 Å². The van der Waals surface area contributed by atoms with Crippen LogP contribution in [-0.2, 0) is 14.6 Å². The average molecular weight is 396 g/mol. The minimum Gasteiger partial charge on any atom is -0.352 e. The SMILES string of the molecule is CS(=O)(=O)c1cccc(NC(=O)CCCNC(=O)c2ccc(F)cc2F)c1. The van der Waals surface area contributed by atoms with E-state index >= 15 is 0 Å². The molecule has 0 aliphatic carbocycles. The van der Waals surface area contributed by atoms with Crippen LogP contribution in [0, 0.1) is 11.6 Å². The van der Waals surface area contributed by atoms with Crippen LogP contribution in [0.5, 0.6) is 0 Å². The van der Waals surface area contributed by atoms with Gasteiger partial charge in [0.25, 0.3) is 5.91 Å². The Hall–Kier alpha value is -2.81. The number of amides is 2. The molecule has 0 saturated carbocycles. The van der Waals surface area contributed by atoms with Gasteiger partial charge in [-0.1, -0.05) is 6.07 Å². The van der Waals surface area contributed by atoms with E-state index in [0.29, 0.717) is 11.8 Å². The van der Waals surface area contributed by atoms with E-state index in [2.05, 4.69) is 10.6 Å². The maximum absolute atomic E-state index is 13.5. The number of carbonyl (C=O) groups excluding carboxylic acids is 2. The minimum atomic E-state index is -3.38. The quantitative estimate of drug-likeness (QED) is 0.704. The topological polar surface area (TPSA) is 92.3 Å². The van der Waals surface area contributed by atoms with E-state index in [9.17, 15) is 26.8 Å². The molecule has 0 fully saturated rings. The minimum absolute atomic E-state index is 0.0648. The van der Waals surface area contributed by atoms with Crippen LogP contribution in [-0.4, -0.2) is 33.0 Å². The molecule has 0 radical (unpaired) electrons. The van der Waals surface area contributed by atoms with Gasteiger partial charge >= 0.3 is 0 Å². The first kappa shape index (κ1) is 20.5. The van der Waals surface area contributed by atoms with Crippen LogP contribution in [0.25, 0.3) is 0 Å². The van der Waals surface area contributed by atoms with Crippen LogP contribution in [0.2, 0.25) is 0 Å². The zero-order chi connectivity index (χ0) is 20.0. The van der Waals surface area contributed by atoms with Crippen LogP contribution in [0.4, 0.5) is 14.5 Å². The summed E-state index contributed by atoms with van der Waals surface area (Å²) in [6.45, 7) is 0.118. The largest absolute Gasteiger partial charge is 0.352 e. The van der Waals surface area contributed by atoms with Crippen LogP contribution >= 0.6 is 0 Å². The van der Waals surface area contributed by atoms with Gasteiger partial charge in [0.05, 0.1) is 10.5 Å². The summed E-state index contributed by atoms with van der Waals surface area (Å²) in [5.41, 5.74) is 0.0683. The summed E-state index contributed by atoms with van der Waals surface area (Å²) < 4.78 is 49.3. The van der Waals surface area contributed by atoms with Crippen LogP contribution in [0.1, 0.15) is 23.2 Å². The lowest BCUT2D eigenvalue weighted by molar-refractivity contribution is -0.116. The second-order valence-corrected chi connectivity index (χ2v) is 7.85. The average Bonchev–Trinajstić information content (AvgIpc) is 2.58. The molecule has 2 amide bonds. The van der Waals surface area contributed by atoms with Gasteiger partial charge in [0.1, 0.15) is 11.6 Å². The smallest absolute Gasteiger partial charge is 0.254 e. The Morgan fingerprint density at radius 2 is 1.81 bits per heavy atom. The number of hydrogen-bond donors (Lipinski definition) is 2. The molecule has 2 rings (SSSR count). The van der Waals surface area contributed by atoms with E-state index in [-0.39, 0.29) is 35.8 Å². The van der Waals surface area contributed by atoms with Crippen molar-refractivity contribution in [2.75, 3.05) is 18.1 Å². The van der Waals surface area contributed by atoms with Gasteiger partial charge in [-0.2, -0.15) is 0 Å². The normalized spacial score (nSPS) is 11.1. The predicted octanol–water partition coefficient (Wildman–Crippen LogP) is 2.52. The second kappa shape index (κ2) is 8.72. The molecule has 6 nitrogen and oxygen atoms in total. The number of sulfone groups is 1. The van der Waals surface area contributed by atoms with Crippen molar-refractivity contribution in [2.45, 2.75) is 17.7 Å². The molecule has 0 aliphatic rings. The van der Waals surface area contributed by atoms with Crippen molar-refractivity contribution in [1.82, 2.24) is 5.32 Å². The number of hydrogen-bond acceptors (Lipinski definition) is 4. The van der Waals surface area contributed by atoms with Gasteiger partial charge in [-0.15, -0.1) is 0 Å². The van der Waals surface area contributed by atoms with Gasteiger partial charge in [-0.3, -0.25) is 9.59 Å². The third kappa shape index (κ3) is 6.14. The summed E-state index contributed by atoms with van der Waals surface area (Å²) in [6.07, 6.45) is 1.42. The van der Waals surface area contributed by atoms with Gasteiger partial charge in [-0.05, 0) is 36.8 Å². The summed E-state index contributed by atoms with van der Waals surface area (Å²) in [6, 6.07) is 8.50. The molecule has 0 bridgehead atoms. The first-order valence-electron chi connectivity index (χ1n) is 8.00. The van der Waals surface area contributed by atoms with Gasteiger partial charge < -0.3 is 10.6 Å². The standard InChI is InChI=1S/C18H18F2N2O4S/c1-27(25,26)14-5-2-4-13(11-14)22-17(23)6-3-9-21-18(24)15-8-7-12(19)10-16(15)20/h2,4-5,7-8,10-11H,3,6,9H2,1H3,(H,21,24)(H,22,23). The Balaban J connectivity index is 1.80.